The lowest BCUT2D eigenvalue weighted by molar-refractivity contribution is 0.0530. The first-order valence-electron chi connectivity index (χ1n) is 6.62. The fourth-order valence-corrected chi connectivity index (χ4v) is 2.46. The predicted molar refractivity (Wildman–Crippen MR) is 67.8 cm³/mol. The molecule has 4 nitrogen and oxygen atoms in total. The molecule has 0 radical (unpaired) electrons. The third-order valence-electron chi connectivity index (χ3n) is 3.40. The van der Waals surface area contributed by atoms with E-state index < -0.39 is 0 Å². The van der Waals surface area contributed by atoms with Gasteiger partial charge in [0.05, 0.1) is 11.7 Å². The minimum Gasteiger partial charge on any atom is -0.381 e. The Morgan fingerprint density at radius 1 is 1.53 bits per heavy atom. The highest BCUT2D eigenvalue weighted by atomic mass is 16.5. The van der Waals surface area contributed by atoms with Gasteiger partial charge in [-0.3, -0.25) is 4.68 Å². The standard InChI is InChI=1S/C13H23N3O/c1-3-7-14-13(11-5-9-17-10-6-11)12-4-8-16(2)15-12/h4,8,11,13-14H,3,5-7,9-10H2,1-2H3. The van der Waals surface area contributed by atoms with E-state index in [1.54, 1.807) is 0 Å². The molecule has 0 spiro atoms. The number of nitrogens with zero attached hydrogens (tertiary/aromatic N) is 2. The Bertz CT molecular complexity index is 331. The summed E-state index contributed by atoms with van der Waals surface area (Å²) in [6.45, 7) is 5.04. The smallest absolute Gasteiger partial charge is 0.0796 e. The molecule has 0 aromatic carbocycles. The molecule has 96 valence electrons. The zero-order chi connectivity index (χ0) is 12.1. The number of aromatic nitrogens is 2. The Labute approximate surface area is 103 Å². The summed E-state index contributed by atoms with van der Waals surface area (Å²) in [4.78, 5) is 0. The minimum atomic E-state index is 0.389. The van der Waals surface area contributed by atoms with Crippen LogP contribution in [-0.2, 0) is 11.8 Å². The first-order valence-corrected chi connectivity index (χ1v) is 6.62. The van der Waals surface area contributed by atoms with Crippen LogP contribution in [-0.4, -0.2) is 29.5 Å². The van der Waals surface area contributed by atoms with Crippen molar-refractivity contribution >= 4 is 0 Å². The summed E-state index contributed by atoms with van der Waals surface area (Å²) in [7, 11) is 1.98. The molecule has 1 saturated heterocycles. The van der Waals surface area contributed by atoms with Crippen molar-refractivity contribution in [2.45, 2.75) is 32.2 Å². The number of rotatable bonds is 5. The number of aryl methyl sites for hydroxylation is 1. The quantitative estimate of drug-likeness (QED) is 0.850. The van der Waals surface area contributed by atoms with Gasteiger partial charge in [0.1, 0.15) is 0 Å². The summed E-state index contributed by atoms with van der Waals surface area (Å²) in [5.74, 6) is 0.658. The highest BCUT2D eigenvalue weighted by Gasteiger charge is 2.26. The third kappa shape index (κ3) is 3.30. The lowest BCUT2D eigenvalue weighted by Crippen LogP contribution is -2.33. The van der Waals surface area contributed by atoms with Crippen molar-refractivity contribution in [2.75, 3.05) is 19.8 Å². The zero-order valence-corrected chi connectivity index (χ0v) is 10.9. The van der Waals surface area contributed by atoms with Crippen molar-refractivity contribution in [3.63, 3.8) is 0 Å². The average Bonchev–Trinajstić information content (AvgIpc) is 2.78. The number of hydrogen-bond acceptors (Lipinski definition) is 3. The number of ether oxygens (including phenoxy) is 1. The van der Waals surface area contributed by atoms with Crippen LogP contribution in [0.15, 0.2) is 12.3 Å². The lowest BCUT2D eigenvalue weighted by atomic mass is 9.89. The van der Waals surface area contributed by atoms with E-state index in [2.05, 4.69) is 23.4 Å². The van der Waals surface area contributed by atoms with Gasteiger partial charge in [-0.25, -0.2) is 0 Å². The maximum absolute atomic E-state index is 5.44. The van der Waals surface area contributed by atoms with Gasteiger partial charge in [0.25, 0.3) is 0 Å². The molecule has 2 heterocycles. The number of hydrogen-bond donors (Lipinski definition) is 1. The summed E-state index contributed by atoms with van der Waals surface area (Å²) >= 11 is 0. The van der Waals surface area contributed by atoms with Crippen molar-refractivity contribution < 1.29 is 4.74 Å². The summed E-state index contributed by atoms with van der Waals surface area (Å²) in [6, 6.07) is 2.52. The second kappa shape index (κ2) is 6.17. The van der Waals surface area contributed by atoms with Gasteiger partial charge in [-0.15, -0.1) is 0 Å². The van der Waals surface area contributed by atoms with Crippen molar-refractivity contribution in [2.24, 2.45) is 13.0 Å². The van der Waals surface area contributed by atoms with E-state index in [1.165, 1.54) is 5.69 Å². The molecule has 1 aromatic rings. The van der Waals surface area contributed by atoms with Crippen molar-refractivity contribution in [3.05, 3.63) is 18.0 Å². The maximum Gasteiger partial charge on any atom is 0.0796 e. The molecule has 0 amide bonds. The predicted octanol–water partition coefficient (Wildman–Crippen LogP) is 1.89. The van der Waals surface area contributed by atoms with Gasteiger partial charge in [-0.1, -0.05) is 6.92 Å². The SMILES string of the molecule is CCCNC(c1ccn(C)n1)C1CCOCC1. The van der Waals surface area contributed by atoms with E-state index in [0.717, 1.165) is 39.0 Å². The molecule has 2 rings (SSSR count). The summed E-state index contributed by atoms with van der Waals surface area (Å²) < 4.78 is 7.33. The van der Waals surface area contributed by atoms with Crippen LogP contribution in [0.1, 0.15) is 37.9 Å². The largest absolute Gasteiger partial charge is 0.381 e. The van der Waals surface area contributed by atoms with E-state index >= 15 is 0 Å². The number of nitrogens with one attached hydrogen (secondary N) is 1. The highest BCUT2D eigenvalue weighted by Crippen LogP contribution is 2.29. The van der Waals surface area contributed by atoms with Crippen molar-refractivity contribution in [1.29, 1.82) is 0 Å². The van der Waals surface area contributed by atoms with E-state index in [0.29, 0.717) is 12.0 Å². The van der Waals surface area contributed by atoms with Crippen LogP contribution < -0.4 is 5.32 Å². The van der Waals surface area contributed by atoms with Gasteiger partial charge in [0.15, 0.2) is 0 Å². The lowest BCUT2D eigenvalue weighted by Gasteiger charge is -2.30. The average molecular weight is 237 g/mol. The van der Waals surface area contributed by atoms with E-state index in [1.807, 2.05) is 17.9 Å². The molecule has 4 heteroatoms. The summed E-state index contributed by atoms with van der Waals surface area (Å²) in [5, 5.41) is 8.19. The van der Waals surface area contributed by atoms with Crippen LogP contribution in [0.25, 0.3) is 0 Å². The van der Waals surface area contributed by atoms with Crippen LogP contribution in [0.2, 0.25) is 0 Å². The van der Waals surface area contributed by atoms with Gasteiger partial charge < -0.3 is 10.1 Å². The maximum atomic E-state index is 5.44. The molecular weight excluding hydrogens is 214 g/mol. The van der Waals surface area contributed by atoms with E-state index in [4.69, 9.17) is 4.74 Å². The molecule has 1 aromatic heterocycles. The molecule has 0 bridgehead atoms. The molecule has 1 atom stereocenters. The molecule has 17 heavy (non-hydrogen) atoms. The Kier molecular flexibility index (Phi) is 4.57. The Hall–Kier alpha value is -0.870. The first-order chi connectivity index (χ1) is 8.31. The molecule has 1 N–H and O–H groups in total. The molecule has 1 unspecified atom stereocenters. The normalized spacial score (nSPS) is 19.4. The zero-order valence-electron chi connectivity index (χ0n) is 10.9. The topological polar surface area (TPSA) is 39.1 Å². The van der Waals surface area contributed by atoms with E-state index in [9.17, 15) is 0 Å². The third-order valence-corrected chi connectivity index (χ3v) is 3.40. The van der Waals surface area contributed by atoms with Crippen LogP contribution >= 0.6 is 0 Å². The Morgan fingerprint density at radius 3 is 2.88 bits per heavy atom. The summed E-state index contributed by atoms with van der Waals surface area (Å²) in [6.07, 6.45) is 5.46. The molecule has 1 aliphatic rings. The fraction of sp³-hybridized carbons (Fsp3) is 0.769. The van der Waals surface area contributed by atoms with Gasteiger partial charge in [-0.2, -0.15) is 5.10 Å². The Balaban J connectivity index is 2.06. The monoisotopic (exact) mass is 237 g/mol. The molecule has 1 aliphatic heterocycles. The fourth-order valence-electron chi connectivity index (χ4n) is 2.46. The van der Waals surface area contributed by atoms with E-state index in [-0.39, 0.29) is 0 Å². The van der Waals surface area contributed by atoms with Gasteiger partial charge in [-0.05, 0) is 37.8 Å². The second-order valence-corrected chi connectivity index (χ2v) is 4.80. The molecule has 1 fully saturated rings. The summed E-state index contributed by atoms with van der Waals surface area (Å²) in [5.41, 5.74) is 1.17. The van der Waals surface area contributed by atoms with Crippen molar-refractivity contribution in [3.8, 4) is 0 Å². The molecule has 0 aliphatic carbocycles. The molecular formula is C13H23N3O. The van der Waals surface area contributed by atoms with Crippen LogP contribution in [0, 0.1) is 5.92 Å². The van der Waals surface area contributed by atoms with Gasteiger partial charge >= 0.3 is 0 Å². The van der Waals surface area contributed by atoms with Gasteiger partial charge in [0, 0.05) is 26.5 Å². The van der Waals surface area contributed by atoms with Gasteiger partial charge in [0.2, 0.25) is 0 Å². The second-order valence-electron chi connectivity index (χ2n) is 4.80. The highest BCUT2D eigenvalue weighted by molar-refractivity contribution is 5.07. The van der Waals surface area contributed by atoms with Crippen LogP contribution in [0.4, 0.5) is 0 Å². The van der Waals surface area contributed by atoms with Crippen LogP contribution in [0.3, 0.4) is 0 Å². The molecule has 0 saturated carbocycles. The van der Waals surface area contributed by atoms with Crippen molar-refractivity contribution in [1.82, 2.24) is 15.1 Å². The first kappa shape index (κ1) is 12.6. The minimum absolute atomic E-state index is 0.389. The van der Waals surface area contributed by atoms with Crippen LogP contribution in [0.5, 0.6) is 0 Å². The Morgan fingerprint density at radius 2 is 2.29 bits per heavy atom.